The molecule has 3 aromatic rings. The molecule has 1 unspecified atom stereocenters. The second-order valence-corrected chi connectivity index (χ2v) is 6.56. The van der Waals surface area contributed by atoms with Gasteiger partial charge in [-0.2, -0.15) is 5.10 Å². The molecule has 0 aliphatic rings. The van der Waals surface area contributed by atoms with E-state index in [1.165, 1.54) is 4.90 Å². The van der Waals surface area contributed by atoms with Crippen LogP contribution in [-0.4, -0.2) is 35.3 Å². The Kier molecular flexibility index (Phi) is 6.39. The molecule has 0 aliphatic heterocycles. The molecule has 1 amide bonds. The SMILES string of the molecule is CCNC(=O)C[NH+](CC)Cc1cn(-c2ccccc2)nc1-c1ccccc1. The molecule has 2 N–H and O–H groups in total. The van der Waals surface area contributed by atoms with E-state index in [4.69, 9.17) is 5.10 Å². The summed E-state index contributed by atoms with van der Waals surface area (Å²) < 4.78 is 1.93. The van der Waals surface area contributed by atoms with Crippen molar-refractivity contribution in [3.63, 3.8) is 0 Å². The molecule has 1 atom stereocenters. The van der Waals surface area contributed by atoms with E-state index in [1.54, 1.807) is 0 Å². The van der Waals surface area contributed by atoms with Gasteiger partial charge in [-0.25, -0.2) is 4.68 Å². The number of hydrogen-bond acceptors (Lipinski definition) is 2. The molecule has 0 bridgehead atoms. The number of para-hydroxylation sites is 1. The lowest BCUT2D eigenvalue weighted by atomic mass is 10.1. The Labute approximate surface area is 160 Å². The van der Waals surface area contributed by atoms with Crippen LogP contribution in [0.5, 0.6) is 0 Å². The molecule has 140 valence electrons. The molecule has 0 aliphatic carbocycles. The van der Waals surface area contributed by atoms with Crippen LogP contribution in [0.4, 0.5) is 0 Å². The molecule has 5 nitrogen and oxygen atoms in total. The minimum Gasteiger partial charge on any atom is -0.351 e. The number of carbonyl (C=O) groups is 1. The number of benzene rings is 2. The van der Waals surface area contributed by atoms with Crippen molar-refractivity contribution in [3.05, 3.63) is 72.4 Å². The number of likely N-dealkylation sites (N-methyl/N-ethyl adjacent to an activating group) is 2. The molecule has 0 spiro atoms. The maximum absolute atomic E-state index is 12.0. The van der Waals surface area contributed by atoms with Crippen molar-refractivity contribution in [3.8, 4) is 16.9 Å². The molecule has 1 heterocycles. The van der Waals surface area contributed by atoms with Crippen molar-refractivity contribution in [2.45, 2.75) is 20.4 Å². The van der Waals surface area contributed by atoms with E-state index in [9.17, 15) is 4.79 Å². The van der Waals surface area contributed by atoms with Gasteiger partial charge in [-0.05, 0) is 26.0 Å². The van der Waals surface area contributed by atoms with E-state index in [0.717, 1.165) is 35.6 Å². The van der Waals surface area contributed by atoms with Gasteiger partial charge in [0.15, 0.2) is 6.54 Å². The van der Waals surface area contributed by atoms with E-state index in [2.05, 4.69) is 30.6 Å². The highest BCUT2D eigenvalue weighted by Crippen LogP contribution is 2.23. The summed E-state index contributed by atoms with van der Waals surface area (Å²) in [5.74, 6) is 0.0889. The Balaban J connectivity index is 1.92. The van der Waals surface area contributed by atoms with Gasteiger partial charge in [0.25, 0.3) is 5.91 Å². The first-order valence-electron chi connectivity index (χ1n) is 9.51. The Morgan fingerprint density at radius 1 is 1.04 bits per heavy atom. The molecule has 2 aromatic carbocycles. The molecular formula is C22H27N4O+. The van der Waals surface area contributed by atoms with Crippen LogP contribution in [0.1, 0.15) is 19.4 Å². The van der Waals surface area contributed by atoms with Crippen molar-refractivity contribution >= 4 is 5.91 Å². The summed E-state index contributed by atoms with van der Waals surface area (Å²) in [5, 5.41) is 7.75. The van der Waals surface area contributed by atoms with E-state index >= 15 is 0 Å². The van der Waals surface area contributed by atoms with Gasteiger partial charge in [0, 0.05) is 18.3 Å². The molecule has 5 heteroatoms. The number of rotatable bonds is 8. The third-order valence-corrected chi connectivity index (χ3v) is 4.58. The van der Waals surface area contributed by atoms with E-state index in [1.807, 2.05) is 60.1 Å². The van der Waals surface area contributed by atoms with Gasteiger partial charge < -0.3 is 10.2 Å². The summed E-state index contributed by atoms with van der Waals surface area (Å²) in [6.07, 6.45) is 2.09. The fraction of sp³-hybridized carbons (Fsp3) is 0.273. The lowest BCUT2D eigenvalue weighted by Crippen LogP contribution is -3.11. The molecule has 0 radical (unpaired) electrons. The maximum atomic E-state index is 12.0. The first kappa shape index (κ1) is 18.9. The molecule has 27 heavy (non-hydrogen) atoms. The topological polar surface area (TPSA) is 51.4 Å². The predicted molar refractivity (Wildman–Crippen MR) is 108 cm³/mol. The highest BCUT2D eigenvalue weighted by atomic mass is 16.2. The number of nitrogens with one attached hydrogen (secondary N) is 2. The Morgan fingerprint density at radius 2 is 1.70 bits per heavy atom. The fourth-order valence-corrected chi connectivity index (χ4v) is 3.16. The first-order chi connectivity index (χ1) is 13.2. The third-order valence-electron chi connectivity index (χ3n) is 4.58. The van der Waals surface area contributed by atoms with Gasteiger partial charge in [-0.15, -0.1) is 0 Å². The standard InChI is InChI=1S/C22H26N4O/c1-3-23-21(27)17-25(4-2)15-19-16-26(20-13-9-6-10-14-20)24-22(19)18-11-7-5-8-12-18/h5-14,16H,3-4,15,17H2,1-2H3,(H,23,27)/p+1. The Bertz CT molecular complexity index is 859. The highest BCUT2D eigenvalue weighted by molar-refractivity contribution is 5.76. The van der Waals surface area contributed by atoms with Gasteiger partial charge in [0.05, 0.1) is 17.8 Å². The summed E-state index contributed by atoms with van der Waals surface area (Å²) in [5.41, 5.74) is 4.24. The smallest absolute Gasteiger partial charge is 0.275 e. The first-order valence-corrected chi connectivity index (χ1v) is 9.51. The number of amides is 1. The van der Waals surface area contributed by atoms with Gasteiger partial charge in [-0.1, -0.05) is 48.5 Å². The lowest BCUT2D eigenvalue weighted by Gasteiger charge is -2.17. The fourth-order valence-electron chi connectivity index (χ4n) is 3.16. The van der Waals surface area contributed by atoms with Crippen LogP contribution < -0.4 is 10.2 Å². The van der Waals surface area contributed by atoms with Gasteiger partial charge in [0.2, 0.25) is 0 Å². The zero-order valence-corrected chi connectivity index (χ0v) is 16.0. The van der Waals surface area contributed by atoms with E-state index < -0.39 is 0 Å². The van der Waals surface area contributed by atoms with Crippen molar-refractivity contribution in [1.82, 2.24) is 15.1 Å². The molecular weight excluding hydrogens is 336 g/mol. The Morgan fingerprint density at radius 3 is 2.33 bits per heavy atom. The number of nitrogens with zero attached hydrogens (tertiary/aromatic N) is 2. The normalized spacial score (nSPS) is 11.9. The lowest BCUT2D eigenvalue weighted by molar-refractivity contribution is -0.904. The highest BCUT2D eigenvalue weighted by Gasteiger charge is 2.19. The summed E-state index contributed by atoms with van der Waals surface area (Å²) in [7, 11) is 0. The zero-order valence-electron chi connectivity index (χ0n) is 16.0. The average Bonchev–Trinajstić information content (AvgIpc) is 3.13. The van der Waals surface area contributed by atoms with Crippen LogP contribution in [0.25, 0.3) is 16.9 Å². The van der Waals surface area contributed by atoms with Crippen molar-refractivity contribution in [2.75, 3.05) is 19.6 Å². The van der Waals surface area contributed by atoms with Crippen LogP contribution in [0, 0.1) is 0 Å². The second-order valence-electron chi connectivity index (χ2n) is 6.56. The summed E-state index contributed by atoms with van der Waals surface area (Å²) in [6.45, 7) is 6.82. The van der Waals surface area contributed by atoms with Gasteiger partial charge in [0.1, 0.15) is 12.2 Å². The average molecular weight is 363 g/mol. The minimum absolute atomic E-state index is 0.0889. The Hall–Kier alpha value is -2.92. The number of quaternary nitrogens is 1. The largest absolute Gasteiger partial charge is 0.351 e. The number of aromatic nitrogens is 2. The van der Waals surface area contributed by atoms with Crippen molar-refractivity contribution in [2.24, 2.45) is 0 Å². The van der Waals surface area contributed by atoms with Crippen molar-refractivity contribution < 1.29 is 9.69 Å². The molecule has 0 saturated carbocycles. The molecule has 1 aromatic heterocycles. The van der Waals surface area contributed by atoms with Crippen LogP contribution in [0.3, 0.4) is 0 Å². The monoisotopic (exact) mass is 363 g/mol. The summed E-state index contributed by atoms with van der Waals surface area (Å²) >= 11 is 0. The number of carbonyl (C=O) groups excluding carboxylic acids is 1. The van der Waals surface area contributed by atoms with Crippen LogP contribution >= 0.6 is 0 Å². The number of hydrogen-bond donors (Lipinski definition) is 2. The maximum Gasteiger partial charge on any atom is 0.275 e. The molecule has 0 fully saturated rings. The van der Waals surface area contributed by atoms with Crippen LogP contribution in [0.2, 0.25) is 0 Å². The summed E-state index contributed by atoms with van der Waals surface area (Å²) in [4.78, 5) is 13.2. The second kappa shape index (κ2) is 9.14. The summed E-state index contributed by atoms with van der Waals surface area (Å²) in [6, 6.07) is 20.3. The van der Waals surface area contributed by atoms with E-state index in [0.29, 0.717) is 13.1 Å². The molecule has 0 saturated heterocycles. The quantitative estimate of drug-likeness (QED) is 0.644. The molecule has 3 rings (SSSR count). The van der Waals surface area contributed by atoms with E-state index in [-0.39, 0.29) is 5.91 Å². The van der Waals surface area contributed by atoms with Gasteiger partial charge in [-0.3, -0.25) is 4.79 Å². The minimum atomic E-state index is 0.0889. The predicted octanol–water partition coefficient (Wildman–Crippen LogP) is 2.08. The van der Waals surface area contributed by atoms with Gasteiger partial charge >= 0.3 is 0 Å². The zero-order chi connectivity index (χ0) is 19.1. The van der Waals surface area contributed by atoms with Crippen LogP contribution in [0.15, 0.2) is 66.9 Å². The van der Waals surface area contributed by atoms with Crippen LogP contribution in [-0.2, 0) is 11.3 Å². The van der Waals surface area contributed by atoms with Crippen molar-refractivity contribution in [1.29, 1.82) is 0 Å². The third kappa shape index (κ3) is 4.83.